The van der Waals surface area contributed by atoms with Crippen LogP contribution in [0, 0.1) is 17.4 Å². The Bertz CT molecular complexity index is 533. The lowest BCUT2D eigenvalue weighted by atomic mass is 9.87. The van der Waals surface area contributed by atoms with Gasteiger partial charge >= 0.3 is 0 Å². The van der Waals surface area contributed by atoms with Crippen LogP contribution in [0.25, 0.3) is 0 Å². The summed E-state index contributed by atoms with van der Waals surface area (Å²) in [5.41, 5.74) is 6.94. The number of fused-ring (bicyclic) bond motifs is 1. The number of nitriles is 1. The minimum atomic E-state index is -0.638. The summed E-state index contributed by atoms with van der Waals surface area (Å²) in [4.78, 5) is 23.1. The number of carbonyl (C=O) groups excluding carboxylic acids is 2. The number of rotatable bonds is 3. The van der Waals surface area contributed by atoms with E-state index in [4.69, 9.17) is 11.0 Å². The van der Waals surface area contributed by atoms with Gasteiger partial charge in [-0.1, -0.05) is 18.2 Å². The minimum Gasteiger partial charge on any atom is -0.368 e. The SMILES string of the molecule is N#CCC(=O)C1NC(C(N)=O)Cc2c[c]ccc21. The van der Waals surface area contributed by atoms with E-state index in [1.165, 1.54) is 0 Å². The highest BCUT2D eigenvalue weighted by Gasteiger charge is 2.32. The molecule has 0 fully saturated rings. The van der Waals surface area contributed by atoms with Gasteiger partial charge in [-0.05, 0) is 23.6 Å². The molecule has 1 aliphatic heterocycles. The van der Waals surface area contributed by atoms with Crippen LogP contribution in [0.4, 0.5) is 0 Å². The third-order valence-corrected chi connectivity index (χ3v) is 3.01. The summed E-state index contributed by atoms with van der Waals surface area (Å²) in [6.07, 6.45) is 0.250. The summed E-state index contributed by atoms with van der Waals surface area (Å²) in [5, 5.41) is 11.5. The van der Waals surface area contributed by atoms with Gasteiger partial charge in [0.05, 0.1) is 24.6 Å². The molecule has 3 N–H and O–H groups in total. The predicted octanol–water partition coefficient (Wildman–Crippen LogP) is 0.0103. The Kier molecular flexibility index (Phi) is 3.40. The van der Waals surface area contributed by atoms with Crippen molar-refractivity contribution in [3.05, 3.63) is 35.4 Å². The zero-order chi connectivity index (χ0) is 13.1. The molecule has 2 rings (SSSR count). The van der Waals surface area contributed by atoms with Gasteiger partial charge in [-0.15, -0.1) is 0 Å². The molecule has 0 spiro atoms. The van der Waals surface area contributed by atoms with Gasteiger partial charge in [0.1, 0.15) is 0 Å². The number of Topliss-reactive ketones (excluding diaryl/α,β-unsaturated/α-hetero) is 1. The number of primary amides is 1. The van der Waals surface area contributed by atoms with Gasteiger partial charge in [0.15, 0.2) is 5.78 Å². The summed E-state index contributed by atoms with van der Waals surface area (Å²) >= 11 is 0. The number of nitrogens with two attached hydrogens (primary N) is 1. The lowest BCUT2D eigenvalue weighted by molar-refractivity contribution is -0.123. The first-order valence-electron chi connectivity index (χ1n) is 5.57. The summed E-state index contributed by atoms with van der Waals surface area (Å²) < 4.78 is 0. The van der Waals surface area contributed by atoms with Crippen molar-refractivity contribution in [3.8, 4) is 6.07 Å². The van der Waals surface area contributed by atoms with E-state index in [0.717, 1.165) is 11.1 Å². The minimum absolute atomic E-state index is 0.193. The maximum absolute atomic E-state index is 11.9. The van der Waals surface area contributed by atoms with E-state index < -0.39 is 18.0 Å². The third kappa shape index (κ3) is 2.24. The Morgan fingerprint density at radius 2 is 2.39 bits per heavy atom. The van der Waals surface area contributed by atoms with Crippen molar-refractivity contribution in [3.63, 3.8) is 0 Å². The monoisotopic (exact) mass is 242 g/mol. The van der Waals surface area contributed by atoms with E-state index in [0.29, 0.717) is 6.42 Å². The smallest absolute Gasteiger partial charge is 0.234 e. The standard InChI is InChI=1S/C13H12N3O2/c14-6-5-11(17)12-9-4-2-1-3-8(9)7-10(16-12)13(15)18/h2-4,10,12,16H,5,7H2,(H2,15,18). The second-order valence-corrected chi connectivity index (χ2v) is 4.18. The van der Waals surface area contributed by atoms with Gasteiger partial charge in [0.2, 0.25) is 5.91 Å². The first-order valence-corrected chi connectivity index (χ1v) is 5.57. The van der Waals surface area contributed by atoms with Gasteiger partial charge in [0.25, 0.3) is 0 Å². The fourth-order valence-corrected chi connectivity index (χ4v) is 2.13. The van der Waals surface area contributed by atoms with Crippen LogP contribution in [0.2, 0.25) is 0 Å². The van der Waals surface area contributed by atoms with Crippen LogP contribution >= 0.6 is 0 Å². The van der Waals surface area contributed by atoms with E-state index in [1.54, 1.807) is 18.2 Å². The highest BCUT2D eigenvalue weighted by Crippen LogP contribution is 2.26. The summed E-state index contributed by atoms with van der Waals surface area (Å²) in [5.74, 6) is -0.754. The average Bonchev–Trinajstić information content (AvgIpc) is 2.37. The number of ketones is 1. The highest BCUT2D eigenvalue weighted by molar-refractivity contribution is 5.89. The number of benzene rings is 1. The van der Waals surface area contributed by atoms with Crippen LogP contribution in [0.5, 0.6) is 0 Å². The van der Waals surface area contributed by atoms with Crippen molar-refractivity contribution < 1.29 is 9.59 Å². The van der Waals surface area contributed by atoms with Gasteiger partial charge in [0, 0.05) is 0 Å². The Morgan fingerprint density at radius 1 is 1.61 bits per heavy atom. The van der Waals surface area contributed by atoms with Crippen LogP contribution in [0.3, 0.4) is 0 Å². The van der Waals surface area contributed by atoms with Crippen molar-refractivity contribution in [1.82, 2.24) is 5.32 Å². The first-order chi connectivity index (χ1) is 8.63. The summed E-state index contributed by atoms with van der Waals surface area (Å²) in [6.45, 7) is 0. The van der Waals surface area contributed by atoms with Crippen LogP contribution in [-0.2, 0) is 16.0 Å². The van der Waals surface area contributed by atoms with Gasteiger partial charge in [-0.2, -0.15) is 5.26 Å². The molecular weight excluding hydrogens is 230 g/mol. The number of hydrogen-bond donors (Lipinski definition) is 2. The molecule has 1 aromatic carbocycles. The van der Waals surface area contributed by atoms with E-state index in [1.807, 2.05) is 6.07 Å². The van der Waals surface area contributed by atoms with Crippen LogP contribution in [-0.4, -0.2) is 17.7 Å². The summed E-state index contributed by atoms with van der Waals surface area (Å²) in [7, 11) is 0. The molecule has 0 aromatic heterocycles. The average molecular weight is 242 g/mol. The highest BCUT2D eigenvalue weighted by atomic mass is 16.1. The molecule has 1 aliphatic rings. The van der Waals surface area contributed by atoms with Crippen molar-refractivity contribution in [2.45, 2.75) is 24.9 Å². The lowest BCUT2D eigenvalue weighted by Gasteiger charge is -2.30. The molecule has 0 bridgehead atoms. The Labute approximate surface area is 105 Å². The second kappa shape index (κ2) is 4.98. The molecule has 1 amide bonds. The Morgan fingerprint density at radius 3 is 3.06 bits per heavy atom. The molecule has 1 radical (unpaired) electrons. The van der Waals surface area contributed by atoms with Gasteiger partial charge < -0.3 is 5.73 Å². The van der Waals surface area contributed by atoms with Crippen molar-refractivity contribution in [2.75, 3.05) is 0 Å². The van der Waals surface area contributed by atoms with E-state index in [9.17, 15) is 9.59 Å². The second-order valence-electron chi connectivity index (χ2n) is 4.18. The van der Waals surface area contributed by atoms with Crippen LogP contribution < -0.4 is 11.1 Å². The molecule has 1 aromatic rings. The Hall–Kier alpha value is -2.19. The van der Waals surface area contributed by atoms with Crippen LogP contribution in [0.15, 0.2) is 18.2 Å². The van der Waals surface area contributed by atoms with E-state index in [-0.39, 0.29) is 12.2 Å². The zero-order valence-corrected chi connectivity index (χ0v) is 9.64. The number of nitrogens with one attached hydrogen (secondary N) is 1. The molecule has 2 unspecified atom stereocenters. The normalized spacial score (nSPS) is 21.7. The number of amides is 1. The molecule has 0 saturated heterocycles. The topological polar surface area (TPSA) is 96.0 Å². The molecule has 91 valence electrons. The number of carbonyl (C=O) groups is 2. The summed E-state index contributed by atoms with van der Waals surface area (Å²) in [6, 6.07) is 8.75. The fourth-order valence-electron chi connectivity index (χ4n) is 2.13. The number of nitrogens with zero attached hydrogens (tertiary/aromatic N) is 1. The van der Waals surface area contributed by atoms with Gasteiger partial charge in [-0.3, -0.25) is 14.9 Å². The molecule has 5 heteroatoms. The van der Waals surface area contributed by atoms with Crippen molar-refractivity contribution in [1.29, 1.82) is 5.26 Å². The largest absolute Gasteiger partial charge is 0.368 e. The lowest BCUT2D eigenvalue weighted by Crippen LogP contribution is -2.49. The maximum atomic E-state index is 11.9. The molecule has 5 nitrogen and oxygen atoms in total. The maximum Gasteiger partial charge on any atom is 0.234 e. The van der Waals surface area contributed by atoms with Crippen molar-refractivity contribution in [2.24, 2.45) is 5.73 Å². The van der Waals surface area contributed by atoms with Gasteiger partial charge in [-0.25, -0.2) is 0 Å². The van der Waals surface area contributed by atoms with E-state index in [2.05, 4.69) is 11.4 Å². The first kappa shape index (κ1) is 12.3. The molecule has 0 saturated carbocycles. The third-order valence-electron chi connectivity index (χ3n) is 3.01. The number of hydrogen-bond acceptors (Lipinski definition) is 4. The molecule has 0 aliphatic carbocycles. The Balaban J connectivity index is 2.37. The molecular formula is C13H12N3O2. The van der Waals surface area contributed by atoms with E-state index >= 15 is 0 Å². The molecule has 1 heterocycles. The fraction of sp³-hybridized carbons (Fsp3) is 0.308. The predicted molar refractivity (Wildman–Crippen MR) is 63.1 cm³/mol. The molecule has 18 heavy (non-hydrogen) atoms. The van der Waals surface area contributed by atoms with Crippen molar-refractivity contribution >= 4 is 11.7 Å². The molecule has 2 atom stereocenters. The quantitative estimate of drug-likeness (QED) is 0.780. The zero-order valence-electron chi connectivity index (χ0n) is 9.64. The van der Waals surface area contributed by atoms with Crippen LogP contribution in [0.1, 0.15) is 23.6 Å².